The predicted molar refractivity (Wildman–Crippen MR) is 62.2 cm³/mol. The van der Waals surface area contributed by atoms with E-state index >= 15 is 0 Å². The van der Waals surface area contributed by atoms with Gasteiger partial charge in [-0.1, -0.05) is 6.42 Å². The maximum absolute atomic E-state index is 10.9. The van der Waals surface area contributed by atoms with Crippen molar-refractivity contribution in [3.63, 3.8) is 0 Å². The van der Waals surface area contributed by atoms with E-state index in [9.17, 15) is 4.79 Å². The van der Waals surface area contributed by atoms with E-state index in [4.69, 9.17) is 5.11 Å². The SMILES string of the molecule is CSC1CCCC1NC1CCC1C(=O)O. The van der Waals surface area contributed by atoms with E-state index < -0.39 is 5.97 Å². The van der Waals surface area contributed by atoms with Gasteiger partial charge >= 0.3 is 5.97 Å². The number of aliphatic carboxylic acids is 1. The molecule has 0 spiro atoms. The van der Waals surface area contributed by atoms with Gasteiger partial charge in [0.2, 0.25) is 0 Å². The Morgan fingerprint density at radius 1 is 1.27 bits per heavy atom. The second-order valence-electron chi connectivity index (χ2n) is 4.61. The van der Waals surface area contributed by atoms with Crippen molar-refractivity contribution in [3.8, 4) is 0 Å². The van der Waals surface area contributed by atoms with Crippen LogP contribution < -0.4 is 5.32 Å². The molecule has 4 heteroatoms. The molecule has 2 fully saturated rings. The third-order valence-electron chi connectivity index (χ3n) is 3.78. The molecule has 15 heavy (non-hydrogen) atoms. The third-order valence-corrected chi connectivity index (χ3v) is 4.94. The van der Waals surface area contributed by atoms with E-state index in [0.717, 1.165) is 12.8 Å². The minimum atomic E-state index is -0.627. The van der Waals surface area contributed by atoms with Gasteiger partial charge in [0, 0.05) is 17.3 Å². The van der Waals surface area contributed by atoms with E-state index in [2.05, 4.69) is 11.6 Å². The molecule has 86 valence electrons. The van der Waals surface area contributed by atoms with Gasteiger partial charge in [0.15, 0.2) is 0 Å². The van der Waals surface area contributed by atoms with Crippen molar-refractivity contribution in [1.29, 1.82) is 0 Å². The van der Waals surface area contributed by atoms with Gasteiger partial charge in [-0.05, 0) is 31.9 Å². The van der Waals surface area contributed by atoms with Gasteiger partial charge < -0.3 is 10.4 Å². The topological polar surface area (TPSA) is 49.3 Å². The fourth-order valence-electron chi connectivity index (χ4n) is 2.67. The summed E-state index contributed by atoms with van der Waals surface area (Å²) < 4.78 is 0. The smallest absolute Gasteiger partial charge is 0.308 e. The molecule has 0 aromatic rings. The highest BCUT2D eigenvalue weighted by Crippen LogP contribution is 2.33. The lowest BCUT2D eigenvalue weighted by molar-refractivity contribution is -0.146. The van der Waals surface area contributed by atoms with E-state index in [0.29, 0.717) is 11.3 Å². The van der Waals surface area contributed by atoms with Crippen LogP contribution in [0.3, 0.4) is 0 Å². The Labute approximate surface area is 95.0 Å². The Morgan fingerprint density at radius 2 is 2.07 bits per heavy atom. The minimum Gasteiger partial charge on any atom is -0.481 e. The first kappa shape index (κ1) is 11.3. The minimum absolute atomic E-state index is 0.131. The quantitative estimate of drug-likeness (QED) is 0.770. The van der Waals surface area contributed by atoms with Gasteiger partial charge in [-0.25, -0.2) is 0 Å². The van der Waals surface area contributed by atoms with E-state index in [-0.39, 0.29) is 12.0 Å². The average molecular weight is 229 g/mol. The molecule has 2 saturated carbocycles. The number of carbonyl (C=O) groups is 1. The van der Waals surface area contributed by atoms with Gasteiger partial charge in [-0.2, -0.15) is 11.8 Å². The van der Waals surface area contributed by atoms with Gasteiger partial charge in [0.1, 0.15) is 0 Å². The molecule has 3 nitrogen and oxygen atoms in total. The van der Waals surface area contributed by atoms with Crippen LogP contribution in [0.15, 0.2) is 0 Å². The van der Waals surface area contributed by atoms with Crippen molar-refractivity contribution in [3.05, 3.63) is 0 Å². The van der Waals surface area contributed by atoms with Crippen molar-refractivity contribution < 1.29 is 9.90 Å². The van der Waals surface area contributed by atoms with Crippen LogP contribution in [0.1, 0.15) is 32.1 Å². The van der Waals surface area contributed by atoms with Gasteiger partial charge in [-0.15, -0.1) is 0 Å². The molecule has 2 aliphatic carbocycles. The second-order valence-corrected chi connectivity index (χ2v) is 5.68. The normalized spacial score (nSPS) is 40.1. The number of carboxylic acid groups (broad SMARTS) is 1. The summed E-state index contributed by atoms with van der Waals surface area (Å²) in [6, 6.07) is 0.785. The molecule has 0 saturated heterocycles. The van der Waals surface area contributed by atoms with Crippen LogP contribution in [0.4, 0.5) is 0 Å². The van der Waals surface area contributed by atoms with E-state index in [1.54, 1.807) is 0 Å². The van der Waals surface area contributed by atoms with Gasteiger partial charge in [0.25, 0.3) is 0 Å². The first-order valence-electron chi connectivity index (χ1n) is 5.74. The summed E-state index contributed by atoms with van der Waals surface area (Å²) >= 11 is 1.92. The lowest BCUT2D eigenvalue weighted by Gasteiger charge is -2.37. The summed E-state index contributed by atoms with van der Waals surface area (Å²) in [5, 5.41) is 13.2. The van der Waals surface area contributed by atoms with Crippen LogP contribution >= 0.6 is 11.8 Å². The van der Waals surface area contributed by atoms with Crippen LogP contribution in [0.5, 0.6) is 0 Å². The maximum Gasteiger partial charge on any atom is 0.308 e. The first-order valence-corrected chi connectivity index (χ1v) is 7.03. The summed E-state index contributed by atoms with van der Waals surface area (Å²) in [7, 11) is 0. The number of thioether (sulfide) groups is 1. The molecule has 0 heterocycles. The van der Waals surface area contributed by atoms with Crippen LogP contribution in [-0.2, 0) is 4.79 Å². The maximum atomic E-state index is 10.9. The molecule has 0 amide bonds. The van der Waals surface area contributed by atoms with Crippen LogP contribution in [0, 0.1) is 5.92 Å². The third kappa shape index (κ3) is 2.31. The van der Waals surface area contributed by atoms with Crippen molar-refractivity contribution in [2.45, 2.75) is 49.4 Å². The van der Waals surface area contributed by atoms with Crippen molar-refractivity contribution in [2.75, 3.05) is 6.26 Å². The highest BCUT2D eigenvalue weighted by Gasteiger charge is 2.39. The zero-order chi connectivity index (χ0) is 10.8. The molecule has 2 rings (SSSR count). The molecule has 0 radical (unpaired) electrons. The summed E-state index contributed by atoms with van der Waals surface area (Å²) in [5.74, 6) is -0.759. The zero-order valence-electron chi connectivity index (χ0n) is 9.11. The molecule has 0 aromatic heterocycles. The molecule has 2 N–H and O–H groups in total. The lowest BCUT2D eigenvalue weighted by Crippen LogP contribution is -2.52. The Hall–Kier alpha value is -0.220. The number of carboxylic acids is 1. The number of nitrogens with one attached hydrogen (secondary N) is 1. The predicted octanol–water partition coefficient (Wildman–Crippen LogP) is 1.72. The number of hydrogen-bond donors (Lipinski definition) is 2. The fourth-order valence-corrected chi connectivity index (χ4v) is 3.61. The number of hydrogen-bond acceptors (Lipinski definition) is 3. The molecular weight excluding hydrogens is 210 g/mol. The van der Waals surface area contributed by atoms with E-state index in [1.165, 1.54) is 19.3 Å². The second kappa shape index (κ2) is 4.74. The fraction of sp³-hybridized carbons (Fsp3) is 0.909. The van der Waals surface area contributed by atoms with Crippen molar-refractivity contribution >= 4 is 17.7 Å². The van der Waals surface area contributed by atoms with Gasteiger partial charge in [0.05, 0.1) is 5.92 Å². The molecule has 4 atom stereocenters. The standard InChI is InChI=1S/C11H19NO2S/c1-15-10-4-2-3-9(10)12-8-6-5-7(8)11(13)14/h7-10,12H,2-6H2,1H3,(H,13,14). The summed E-state index contributed by atoms with van der Waals surface area (Å²) in [4.78, 5) is 10.9. The summed E-state index contributed by atoms with van der Waals surface area (Å²) in [5.41, 5.74) is 0. The molecule has 0 bridgehead atoms. The molecule has 2 aliphatic rings. The largest absolute Gasteiger partial charge is 0.481 e. The molecule has 4 unspecified atom stereocenters. The molecule has 0 aliphatic heterocycles. The Morgan fingerprint density at radius 3 is 2.60 bits per heavy atom. The highest BCUT2D eigenvalue weighted by atomic mass is 32.2. The average Bonchev–Trinajstić information content (AvgIpc) is 2.58. The van der Waals surface area contributed by atoms with Crippen molar-refractivity contribution in [1.82, 2.24) is 5.32 Å². The monoisotopic (exact) mass is 229 g/mol. The summed E-state index contributed by atoms with van der Waals surface area (Å²) in [6.45, 7) is 0. The summed E-state index contributed by atoms with van der Waals surface area (Å²) in [6.07, 6.45) is 7.82. The van der Waals surface area contributed by atoms with Crippen LogP contribution in [0.2, 0.25) is 0 Å². The molecular formula is C11H19NO2S. The van der Waals surface area contributed by atoms with Crippen molar-refractivity contribution in [2.24, 2.45) is 5.92 Å². The first-order chi connectivity index (χ1) is 7.22. The van der Waals surface area contributed by atoms with Crippen LogP contribution in [0.25, 0.3) is 0 Å². The van der Waals surface area contributed by atoms with E-state index in [1.807, 2.05) is 11.8 Å². The van der Waals surface area contributed by atoms with Gasteiger partial charge in [-0.3, -0.25) is 4.79 Å². The lowest BCUT2D eigenvalue weighted by atomic mass is 9.79. The Kier molecular flexibility index (Phi) is 3.57. The zero-order valence-corrected chi connectivity index (χ0v) is 9.93. The number of rotatable bonds is 4. The van der Waals surface area contributed by atoms with Crippen LogP contribution in [-0.4, -0.2) is 34.7 Å². The molecule has 0 aromatic carbocycles. The Balaban J connectivity index is 1.84. The Bertz CT molecular complexity index is 247. The highest BCUT2D eigenvalue weighted by molar-refractivity contribution is 7.99.